The molecule has 0 radical (unpaired) electrons. The van der Waals surface area contributed by atoms with Gasteiger partial charge in [-0.15, -0.1) is 11.3 Å². The number of carbonyl (C=O) groups is 2. The third-order valence-corrected chi connectivity index (χ3v) is 6.49. The number of alkyl halides is 3. The molecule has 1 aliphatic rings. The zero-order valence-corrected chi connectivity index (χ0v) is 19.8. The van der Waals surface area contributed by atoms with Gasteiger partial charge in [0.2, 0.25) is 5.91 Å². The van der Waals surface area contributed by atoms with Gasteiger partial charge in [0.15, 0.2) is 22.3 Å². The Morgan fingerprint density at radius 2 is 1.97 bits per heavy atom. The fourth-order valence-electron chi connectivity index (χ4n) is 3.42. The third kappa shape index (κ3) is 5.48. The van der Waals surface area contributed by atoms with Crippen LogP contribution in [0.5, 0.6) is 5.75 Å². The van der Waals surface area contributed by atoms with Gasteiger partial charge in [-0.2, -0.15) is 18.3 Å². The summed E-state index contributed by atoms with van der Waals surface area (Å²) < 4.78 is 39.6. The maximum atomic E-state index is 12.8. The van der Waals surface area contributed by atoms with Crippen LogP contribution in [0.25, 0.3) is 0 Å². The Bertz CT molecular complexity index is 1260. The largest absolute Gasteiger partial charge is 0.504 e. The number of nitrogens with one attached hydrogen (secondary N) is 1. The first kappa shape index (κ1) is 24.7. The van der Waals surface area contributed by atoms with E-state index < -0.39 is 23.5 Å². The summed E-state index contributed by atoms with van der Waals surface area (Å²) in [6.07, 6.45) is -3.27. The minimum absolute atomic E-state index is 0.0000413. The van der Waals surface area contributed by atoms with Crippen molar-refractivity contribution in [1.82, 2.24) is 24.6 Å². The Labute approximate surface area is 205 Å². The van der Waals surface area contributed by atoms with Crippen molar-refractivity contribution in [2.45, 2.75) is 19.6 Å². The van der Waals surface area contributed by atoms with Crippen molar-refractivity contribution in [3.05, 3.63) is 45.8 Å². The van der Waals surface area contributed by atoms with Gasteiger partial charge in [0.05, 0.1) is 5.02 Å². The molecule has 1 saturated heterocycles. The van der Waals surface area contributed by atoms with Crippen LogP contribution in [0.3, 0.4) is 0 Å². The highest BCUT2D eigenvalue weighted by Gasteiger charge is 2.35. The van der Waals surface area contributed by atoms with Gasteiger partial charge in [0.25, 0.3) is 5.91 Å². The number of aryl methyl sites for hydroxylation is 1. The second kappa shape index (κ2) is 9.70. The second-order valence-electron chi connectivity index (χ2n) is 7.65. The smallest absolute Gasteiger partial charge is 0.435 e. The van der Waals surface area contributed by atoms with E-state index in [9.17, 15) is 27.9 Å². The van der Waals surface area contributed by atoms with Crippen LogP contribution in [0.4, 0.5) is 24.1 Å². The molecule has 0 aliphatic carbocycles. The summed E-state index contributed by atoms with van der Waals surface area (Å²) in [5.41, 5.74) is -1.00. The lowest BCUT2D eigenvalue weighted by Gasteiger charge is -2.34. The van der Waals surface area contributed by atoms with Gasteiger partial charge in [0.1, 0.15) is 12.4 Å². The number of hydrogen-bond donors (Lipinski definition) is 2. The molecular weight excluding hydrogens is 511 g/mol. The molecule has 0 saturated carbocycles. The number of thiazole rings is 1. The highest BCUT2D eigenvalue weighted by molar-refractivity contribution is 7.14. The number of hydrogen-bond acceptors (Lipinski definition) is 8. The fraction of sp³-hybridized carbons (Fsp3) is 0.350. The molecule has 4 heterocycles. The molecule has 1 aliphatic heterocycles. The zero-order valence-electron chi connectivity index (χ0n) is 18.2. The lowest BCUT2D eigenvalue weighted by molar-refractivity contribution is -0.142. The summed E-state index contributed by atoms with van der Waals surface area (Å²) in [5.74, 6) is -1.16. The van der Waals surface area contributed by atoms with Gasteiger partial charge in [-0.3, -0.25) is 14.3 Å². The number of carbonyl (C=O) groups excluding carboxylic acids is 2. The molecule has 2 amide bonds. The van der Waals surface area contributed by atoms with Crippen molar-refractivity contribution in [2.75, 3.05) is 36.4 Å². The van der Waals surface area contributed by atoms with Gasteiger partial charge in [-0.25, -0.2) is 9.97 Å². The molecule has 3 aromatic heterocycles. The number of aromatic nitrogens is 4. The summed E-state index contributed by atoms with van der Waals surface area (Å²) in [7, 11) is 0. The maximum absolute atomic E-state index is 12.8. The van der Waals surface area contributed by atoms with E-state index in [1.807, 2.05) is 4.90 Å². The van der Waals surface area contributed by atoms with Crippen molar-refractivity contribution in [1.29, 1.82) is 0 Å². The number of rotatable bonds is 5. The van der Waals surface area contributed by atoms with Crippen LogP contribution in [-0.4, -0.2) is 67.7 Å². The molecule has 3 aromatic rings. The van der Waals surface area contributed by atoms with Gasteiger partial charge in [0, 0.05) is 43.4 Å². The zero-order chi connectivity index (χ0) is 25.3. The third-order valence-electron chi connectivity index (χ3n) is 5.28. The van der Waals surface area contributed by atoms with Crippen molar-refractivity contribution < 1.29 is 27.9 Å². The summed E-state index contributed by atoms with van der Waals surface area (Å²) >= 11 is 7.09. The monoisotopic (exact) mass is 529 g/mol. The Balaban J connectivity index is 1.32. The van der Waals surface area contributed by atoms with Gasteiger partial charge < -0.3 is 20.2 Å². The molecular formula is C20H19ClF3N7O3S. The first-order valence-corrected chi connectivity index (χ1v) is 11.5. The van der Waals surface area contributed by atoms with Crippen molar-refractivity contribution >= 4 is 45.7 Å². The number of pyridine rings is 1. The Hall–Kier alpha value is -3.39. The Morgan fingerprint density at radius 1 is 1.26 bits per heavy atom. The first-order chi connectivity index (χ1) is 16.5. The topological polar surface area (TPSA) is 116 Å². The molecule has 0 spiro atoms. The quantitative estimate of drug-likeness (QED) is 0.522. The summed E-state index contributed by atoms with van der Waals surface area (Å²) in [6, 6.07) is 2.27. The highest BCUT2D eigenvalue weighted by Crippen LogP contribution is 2.29. The van der Waals surface area contributed by atoms with Crippen LogP contribution in [0.15, 0.2) is 23.7 Å². The summed E-state index contributed by atoms with van der Waals surface area (Å²) in [4.78, 5) is 36.7. The molecule has 0 unspecified atom stereocenters. The number of amides is 2. The van der Waals surface area contributed by atoms with E-state index in [1.54, 1.807) is 10.3 Å². The SMILES string of the molecule is Cc1cc(C(F)(F)F)nn1CC(=O)N1CCN(c2nc(NC(=O)c3nccc(Cl)c3O)cs2)CC1. The number of nitrogens with zero attached hydrogens (tertiary/aromatic N) is 6. The average molecular weight is 530 g/mol. The summed E-state index contributed by atoms with van der Waals surface area (Å²) in [5, 5.41) is 18.2. The molecule has 0 bridgehead atoms. The van der Waals surface area contributed by atoms with Crippen LogP contribution in [0.1, 0.15) is 21.9 Å². The normalized spacial score (nSPS) is 14.3. The number of anilines is 2. The molecule has 0 aromatic carbocycles. The number of aromatic hydroxyl groups is 1. The van der Waals surface area contributed by atoms with Crippen molar-refractivity contribution in [3.8, 4) is 5.75 Å². The van der Waals surface area contributed by atoms with Gasteiger partial charge in [-0.05, 0) is 19.1 Å². The minimum Gasteiger partial charge on any atom is -0.504 e. The Morgan fingerprint density at radius 3 is 2.63 bits per heavy atom. The molecule has 35 heavy (non-hydrogen) atoms. The molecule has 2 N–H and O–H groups in total. The minimum atomic E-state index is -4.57. The number of halogens is 4. The van der Waals surface area contributed by atoms with E-state index in [0.717, 1.165) is 10.7 Å². The van der Waals surface area contributed by atoms with E-state index in [4.69, 9.17) is 11.6 Å². The lowest BCUT2D eigenvalue weighted by Crippen LogP contribution is -2.49. The lowest BCUT2D eigenvalue weighted by atomic mass is 10.3. The first-order valence-electron chi connectivity index (χ1n) is 10.3. The van der Waals surface area contributed by atoms with E-state index in [-0.39, 0.29) is 34.7 Å². The number of piperazine rings is 1. The van der Waals surface area contributed by atoms with Crippen molar-refractivity contribution in [3.63, 3.8) is 0 Å². The second-order valence-corrected chi connectivity index (χ2v) is 8.90. The van der Waals surface area contributed by atoms with Gasteiger partial charge in [-0.1, -0.05) is 11.6 Å². The standard InChI is InChI=1S/C20H19ClF3N7O3S/c1-11-8-13(20(22,23)24)28-31(11)9-15(32)29-4-6-30(7-5-29)19-27-14(10-35-19)26-18(34)16-17(33)12(21)2-3-25-16/h2-3,8,10,33H,4-7,9H2,1H3,(H,26,34). The predicted molar refractivity (Wildman–Crippen MR) is 122 cm³/mol. The fourth-order valence-corrected chi connectivity index (χ4v) is 4.38. The van der Waals surface area contributed by atoms with Crippen LogP contribution >= 0.6 is 22.9 Å². The Kier molecular flexibility index (Phi) is 6.85. The van der Waals surface area contributed by atoms with Crippen LogP contribution in [0, 0.1) is 6.92 Å². The maximum Gasteiger partial charge on any atom is 0.435 e. The molecule has 1 fully saturated rings. The van der Waals surface area contributed by atoms with Crippen LogP contribution in [0.2, 0.25) is 5.02 Å². The van der Waals surface area contributed by atoms with E-state index in [2.05, 4.69) is 20.4 Å². The molecule has 4 rings (SSSR count). The molecule has 0 atom stereocenters. The van der Waals surface area contributed by atoms with Crippen LogP contribution < -0.4 is 10.2 Å². The highest BCUT2D eigenvalue weighted by atomic mass is 35.5. The van der Waals surface area contributed by atoms with Crippen LogP contribution in [-0.2, 0) is 17.5 Å². The van der Waals surface area contributed by atoms with E-state index in [0.29, 0.717) is 31.3 Å². The molecule has 10 nitrogen and oxygen atoms in total. The molecule has 15 heteroatoms. The van der Waals surface area contributed by atoms with E-state index >= 15 is 0 Å². The van der Waals surface area contributed by atoms with Gasteiger partial charge >= 0.3 is 6.18 Å². The van der Waals surface area contributed by atoms with Crippen molar-refractivity contribution in [2.24, 2.45) is 0 Å². The summed E-state index contributed by atoms with van der Waals surface area (Å²) in [6.45, 7) is 2.81. The predicted octanol–water partition coefficient (Wildman–Crippen LogP) is 3.02. The average Bonchev–Trinajstić information content (AvgIpc) is 3.42. The molecule has 186 valence electrons. The van der Waals surface area contributed by atoms with E-state index in [1.165, 1.54) is 30.5 Å².